The average Bonchev–Trinajstić information content (AvgIpc) is 2.38. The first-order chi connectivity index (χ1) is 8.34. The quantitative estimate of drug-likeness (QED) is 0.578. The van der Waals surface area contributed by atoms with Crippen LogP contribution in [0.3, 0.4) is 0 Å². The van der Waals surface area contributed by atoms with Crippen molar-refractivity contribution in [2.24, 2.45) is 17.8 Å². The van der Waals surface area contributed by atoms with Crippen LogP contribution in [0.15, 0.2) is 83.6 Å². The first kappa shape index (κ1) is 9.23. The molecule has 0 aromatic carbocycles. The van der Waals surface area contributed by atoms with Crippen LogP contribution in [0, 0.1) is 17.8 Å². The molecule has 17 heavy (non-hydrogen) atoms. The Balaban J connectivity index is 1.99. The minimum Gasteiger partial charge on any atom is -0.0915 e. The molecular formula is C17H14. The van der Waals surface area contributed by atoms with Crippen molar-refractivity contribution in [1.29, 1.82) is 0 Å². The molecule has 0 aromatic rings. The molecule has 0 spiro atoms. The summed E-state index contributed by atoms with van der Waals surface area (Å²) in [6.07, 6.45) is 20.3. The Morgan fingerprint density at radius 3 is 2.65 bits per heavy atom. The van der Waals surface area contributed by atoms with Gasteiger partial charge in [0.25, 0.3) is 0 Å². The summed E-state index contributed by atoms with van der Waals surface area (Å²) < 4.78 is 0. The van der Waals surface area contributed by atoms with Gasteiger partial charge in [-0.05, 0) is 22.3 Å². The zero-order chi connectivity index (χ0) is 11.4. The van der Waals surface area contributed by atoms with Crippen molar-refractivity contribution < 1.29 is 0 Å². The SMILES string of the molecule is C=C1C=CC2C=CC3=CC=CC4=CC=C1C2C34. The molecule has 0 nitrogen and oxygen atoms in total. The van der Waals surface area contributed by atoms with Gasteiger partial charge in [0.05, 0.1) is 0 Å². The molecule has 0 heteroatoms. The molecule has 4 aliphatic carbocycles. The molecule has 4 rings (SSSR count). The zero-order valence-corrected chi connectivity index (χ0v) is 9.64. The predicted octanol–water partition coefficient (Wildman–Crippen LogP) is 3.89. The van der Waals surface area contributed by atoms with Gasteiger partial charge < -0.3 is 0 Å². The Bertz CT molecular complexity index is 588. The maximum absolute atomic E-state index is 4.17. The number of hydrogen-bond donors (Lipinski definition) is 0. The van der Waals surface area contributed by atoms with Crippen LogP contribution in [0.4, 0.5) is 0 Å². The van der Waals surface area contributed by atoms with E-state index in [2.05, 4.69) is 61.3 Å². The second-order valence-electron chi connectivity index (χ2n) is 5.14. The van der Waals surface area contributed by atoms with E-state index in [1.807, 2.05) is 0 Å². The molecule has 0 amide bonds. The third kappa shape index (κ3) is 1.13. The standard InChI is InChI=1S/C17H14/c1-11-5-6-14-8-7-12-3-2-4-13-9-10-15(11)17(14)16(12)13/h2-10,14,16-17H,1H2. The number of rotatable bonds is 0. The summed E-state index contributed by atoms with van der Waals surface area (Å²) in [5.74, 6) is 1.68. The smallest absolute Gasteiger partial charge is 0.0167 e. The lowest BCUT2D eigenvalue weighted by atomic mass is 9.61. The van der Waals surface area contributed by atoms with Crippen molar-refractivity contribution in [2.75, 3.05) is 0 Å². The van der Waals surface area contributed by atoms with Crippen molar-refractivity contribution >= 4 is 0 Å². The zero-order valence-electron chi connectivity index (χ0n) is 9.64. The highest BCUT2D eigenvalue weighted by atomic mass is 14.4. The summed E-state index contributed by atoms with van der Waals surface area (Å²) in [6, 6.07) is 0. The number of allylic oxidation sites excluding steroid dienone is 13. The van der Waals surface area contributed by atoms with Crippen LogP contribution in [0.1, 0.15) is 0 Å². The lowest BCUT2D eigenvalue weighted by molar-refractivity contribution is 0.413. The summed E-state index contributed by atoms with van der Waals surface area (Å²) in [4.78, 5) is 0. The van der Waals surface area contributed by atoms with Crippen molar-refractivity contribution in [1.82, 2.24) is 0 Å². The van der Waals surface area contributed by atoms with E-state index in [4.69, 9.17) is 0 Å². The minimum absolute atomic E-state index is 0.545. The lowest BCUT2D eigenvalue weighted by Crippen LogP contribution is -2.33. The van der Waals surface area contributed by atoms with Crippen molar-refractivity contribution in [3.63, 3.8) is 0 Å². The van der Waals surface area contributed by atoms with Gasteiger partial charge in [0.1, 0.15) is 0 Å². The molecule has 3 unspecified atom stereocenters. The van der Waals surface area contributed by atoms with E-state index in [1.165, 1.54) is 22.3 Å². The summed E-state index contributed by atoms with van der Waals surface area (Å²) in [5, 5.41) is 0. The Hall–Kier alpha value is -1.82. The highest BCUT2D eigenvalue weighted by Crippen LogP contribution is 2.50. The van der Waals surface area contributed by atoms with Crippen LogP contribution in [-0.4, -0.2) is 0 Å². The van der Waals surface area contributed by atoms with E-state index in [1.54, 1.807) is 0 Å². The minimum atomic E-state index is 0.545. The fourth-order valence-electron chi connectivity index (χ4n) is 3.48. The van der Waals surface area contributed by atoms with Crippen LogP contribution in [0.25, 0.3) is 0 Å². The molecule has 0 heterocycles. The monoisotopic (exact) mass is 218 g/mol. The number of hydrogen-bond acceptors (Lipinski definition) is 0. The average molecular weight is 218 g/mol. The molecular weight excluding hydrogens is 204 g/mol. The van der Waals surface area contributed by atoms with Crippen LogP contribution in [0.5, 0.6) is 0 Å². The summed E-state index contributed by atoms with van der Waals surface area (Å²) >= 11 is 0. The third-order valence-electron chi connectivity index (χ3n) is 4.29. The van der Waals surface area contributed by atoms with Crippen LogP contribution in [-0.2, 0) is 0 Å². The van der Waals surface area contributed by atoms with E-state index >= 15 is 0 Å². The van der Waals surface area contributed by atoms with Gasteiger partial charge >= 0.3 is 0 Å². The van der Waals surface area contributed by atoms with E-state index in [9.17, 15) is 0 Å². The lowest BCUT2D eigenvalue weighted by Gasteiger charge is -2.43. The van der Waals surface area contributed by atoms with E-state index in [-0.39, 0.29) is 0 Å². The van der Waals surface area contributed by atoms with E-state index in [0.29, 0.717) is 17.8 Å². The highest BCUT2D eigenvalue weighted by Gasteiger charge is 2.40. The van der Waals surface area contributed by atoms with E-state index < -0.39 is 0 Å². The molecule has 0 aromatic heterocycles. The van der Waals surface area contributed by atoms with Crippen molar-refractivity contribution in [2.45, 2.75) is 0 Å². The van der Waals surface area contributed by atoms with Gasteiger partial charge in [0.15, 0.2) is 0 Å². The van der Waals surface area contributed by atoms with Crippen LogP contribution >= 0.6 is 0 Å². The van der Waals surface area contributed by atoms with Crippen LogP contribution in [0.2, 0.25) is 0 Å². The summed E-state index contributed by atoms with van der Waals surface area (Å²) in [6.45, 7) is 4.17. The second-order valence-corrected chi connectivity index (χ2v) is 5.14. The molecule has 0 radical (unpaired) electrons. The fraction of sp³-hybridized carbons (Fsp3) is 0.176. The maximum atomic E-state index is 4.17. The first-order valence-corrected chi connectivity index (χ1v) is 6.20. The molecule has 0 N–H and O–H groups in total. The summed E-state index contributed by atoms with van der Waals surface area (Å²) in [7, 11) is 0. The molecule has 4 aliphatic rings. The normalized spacial score (nSPS) is 36.1. The van der Waals surface area contributed by atoms with Gasteiger partial charge in [-0.1, -0.05) is 61.3 Å². The maximum Gasteiger partial charge on any atom is 0.0167 e. The first-order valence-electron chi connectivity index (χ1n) is 6.20. The van der Waals surface area contributed by atoms with Gasteiger partial charge in [-0.3, -0.25) is 0 Å². The Labute approximate surface area is 102 Å². The van der Waals surface area contributed by atoms with Gasteiger partial charge in [0, 0.05) is 17.8 Å². The molecule has 0 saturated heterocycles. The molecule has 0 saturated carbocycles. The third-order valence-corrected chi connectivity index (χ3v) is 4.29. The molecule has 82 valence electrons. The molecule has 3 atom stereocenters. The van der Waals surface area contributed by atoms with Gasteiger partial charge in [-0.25, -0.2) is 0 Å². The van der Waals surface area contributed by atoms with Gasteiger partial charge in [-0.2, -0.15) is 0 Å². The fourth-order valence-corrected chi connectivity index (χ4v) is 3.48. The Morgan fingerprint density at radius 1 is 0.882 bits per heavy atom. The van der Waals surface area contributed by atoms with Crippen molar-refractivity contribution in [3.8, 4) is 0 Å². The largest absolute Gasteiger partial charge is 0.0915 e. The molecule has 0 bridgehead atoms. The Kier molecular flexibility index (Phi) is 1.69. The van der Waals surface area contributed by atoms with Crippen molar-refractivity contribution in [3.05, 3.63) is 83.6 Å². The predicted molar refractivity (Wildman–Crippen MR) is 71.3 cm³/mol. The summed E-state index contributed by atoms with van der Waals surface area (Å²) in [5.41, 5.74) is 5.52. The highest BCUT2D eigenvalue weighted by molar-refractivity contribution is 5.58. The topological polar surface area (TPSA) is 0 Å². The van der Waals surface area contributed by atoms with Gasteiger partial charge in [0.2, 0.25) is 0 Å². The second kappa shape index (κ2) is 3.10. The van der Waals surface area contributed by atoms with E-state index in [0.717, 1.165) is 0 Å². The Morgan fingerprint density at radius 2 is 1.71 bits per heavy atom. The van der Waals surface area contributed by atoms with Gasteiger partial charge in [-0.15, -0.1) is 0 Å². The molecule has 0 fully saturated rings. The molecule has 0 aliphatic heterocycles. The van der Waals surface area contributed by atoms with Crippen LogP contribution < -0.4 is 0 Å².